The Hall–Kier alpha value is -0.790. The average molecular weight is 393 g/mol. The van der Waals surface area contributed by atoms with Crippen LogP contribution in [0.25, 0.3) is 0 Å². The van der Waals surface area contributed by atoms with Crippen molar-refractivity contribution in [3.8, 4) is 0 Å². The Bertz CT molecular complexity index is 425. The van der Waals surface area contributed by atoms with Gasteiger partial charge >= 0.3 is 0 Å². The Balaban J connectivity index is 0.00000361. The Morgan fingerprint density at radius 3 is 2.45 bits per heavy atom. The predicted octanol–water partition coefficient (Wildman–Crippen LogP) is 2.33. The highest BCUT2D eigenvalue weighted by Gasteiger charge is 2.08. The normalized spacial score (nSPS) is 13.1. The van der Waals surface area contributed by atoms with E-state index < -0.39 is 0 Å². The molecule has 0 spiro atoms. The quantitative estimate of drug-likeness (QED) is 0.459. The van der Waals surface area contributed by atoms with Gasteiger partial charge in [-0.05, 0) is 39.7 Å². The van der Waals surface area contributed by atoms with Gasteiger partial charge in [-0.1, -0.05) is 6.92 Å². The van der Waals surface area contributed by atoms with E-state index >= 15 is 0 Å². The van der Waals surface area contributed by atoms with Crippen LogP contribution in [0.4, 0.5) is 0 Å². The van der Waals surface area contributed by atoms with Gasteiger partial charge in [0, 0.05) is 31.9 Å². The zero-order chi connectivity index (χ0) is 14.4. The SMILES string of the molecule is CN=C(NCC(C)Cn1nc(C)cc1C)NC(C)C.I. The van der Waals surface area contributed by atoms with Crippen LogP contribution in [-0.4, -0.2) is 35.4 Å². The van der Waals surface area contributed by atoms with E-state index in [9.17, 15) is 0 Å². The number of aliphatic imine (C=N–C) groups is 1. The van der Waals surface area contributed by atoms with Gasteiger partial charge in [0.25, 0.3) is 0 Å². The van der Waals surface area contributed by atoms with Crippen LogP contribution in [-0.2, 0) is 6.54 Å². The number of halogens is 1. The topological polar surface area (TPSA) is 54.2 Å². The minimum absolute atomic E-state index is 0. The molecule has 1 aromatic heterocycles. The third-order valence-corrected chi connectivity index (χ3v) is 2.85. The van der Waals surface area contributed by atoms with Crippen LogP contribution < -0.4 is 10.6 Å². The number of aromatic nitrogens is 2. The molecule has 0 aliphatic carbocycles. The maximum Gasteiger partial charge on any atom is 0.191 e. The van der Waals surface area contributed by atoms with E-state index in [-0.39, 0.29) is 24.0 Å². The minimum atomic E-state index is 0. The van der Waals surface area contributed by atoms with E-state index in [1.54, 1.807) is 7.05 Å². The van der Waals surface area contributed by atoms with Gasteiger partial charge in [0.15, 0.2) is 5.96 Å². The van der Waals surface area contributed by atoms with Crippen molar-refractivity contribution in [2.45, 2.75) is 47.2 Å². The first-order valence-corrected chi connectivity index (χ1v) is 6.90. The van der Waals surface area contributed by atoms with Crippen LogP contribution in [0.15, 0.2) is 11.1 Å². The molecule has 1 aromatic rings. The van der Waals surface area contributed by atoms with Gasteiger partial charge in [0.05, 0.1) is 5.69 Å². The zero-order valence-corrected chi connectivity index (χ0v) is 15.7. The number of aryl methyl sites for hydroxylation is 2. The number of guanidine groups is 1. The molecule has 0 saturated heterocycles. The van der Waals surface area contributed by atoms with Crippen molar-refractivity contribution < 1.29 is 0 Å². The van der Waals surface area contributed by atoms with Crippen LogP contribution in [0.5, 0.6) is 0 Å². The Kier molecular flexibility index (Phi) is 8.84. The number of hydrogen-bond donors (Lipinski definition) is 2. The largest absolute Gasteiger partial charge is 0.356 e. The van der Waals surface area contributed by atoms with Gasteiger partial charge in [-0.2, -0.15) is 5.10 Å². The lowest BCUT2D eigenvalue weighted by atomic mass is 10.2. The number of nitrogens with zero attached hydrogens (tertiary/aromatic N) is 3. The molecule has 0 saturated carbocycles. The Labute approximate surface area is 139 Å². The van der Waals surface area contributed by atoms with E-state index in [2.05, 4.69) is 59.2 Å². The summed E-state index contributed by atoms with van der Waals surface area (Å²) in [5.74, 6) is 1.35. The highest BCUT2D eigenvalue weighted by atomic mass is 127. The fraction of sp³-hybridized carbons (Fsp3) is 0.714. The fourth-order valence-corrected chi connectivity index (χ4v) is 1.96. The average Bonchev–Trinajstić information content (AvgIpc) is 2.62. The van der Waals surface area contributed by atoms with Crippen LogP contribution in [0, 0.1) is 19.8 Å². The van der Waals surface area contributed by atoms with E-state index in [0.717, 1.165) is 24.7 Å². The van der Waals surface area contributed by atoms with E-state index in [1.807, 2.05) is 6.92 Å². The zero-order valence-electron chi connectivity index (χ0n) is 13.4. The molecule has 1 rings (SSSR count). The summed E-state index contributed by atoms with van der Waals surface area (Å²) in [5, 5.41) is 11.1. The molecule has 0 fully saturated rings. The summed E-state index contributed by atoms with van der Waals surface area (Å²) in [6.07, 6.45) is 0. The third-order valence-electron chi connectivity index (χ3n) is 2.85. The first kappa shape index (κ1) is 19.2. The van der Waals surface area contributed by atoms with Gasteiger partial charge in [0.1, 0.15) is 0 Å². The molecule has 5 nitrogen and oxygen atoms in total. The summed E-state index contributed by atoms with van der Waals surface area (Å²) >= 11 is 0. The monoisotopic (exact) mass is 393 g/mol. The minimum Gasteiger partial charge on any atom is -0.356 e. The Morgan fingerprint density at radius 2 is 2.00 bits per heavy atom. The van der Waals surface area contributed by atoms with Crippen LogP contribution in [0.2, 0.25) is 0 Å². The van der Waals surface area contributed by atoms with Gasteiger partial charge in [-0.3, -0.25) is 9.67 Å². The molecule has 0 aromatic carbocycles. The molecule has 6 heteroatoms. The summed E-state index contributed by atoms with van der Waals surface area (Å²) in [4.78, 5) is 4.20. The highest BCUT2D eigenvalue weighted by Crippen LogP contribution is 2.05. The van der Waals surface area contributed by atoms with Crippen molar-refractivity contribution in [2.24, 2.45) is 10.9 Å². The van der Waals surface area contributed by atoms with E-state index in [0.29, 0.717) is 12.0 Å². The molecule has 0 amide bonds. The van der Waals surface area contributed by atoms with Crippen LogP contribution in [0.1, 0.15) is 32.2 Å². The summed E-state index contributed by atoms with van der Waals surface area (Å²) < 4.78 is 2.07. The van der Waals surface area contributed by atoms with Crippen LogP contribution >= 0.6 is 24.0 Å². The molecule has 0 bridgehead atoms. The number of rotatable bonds is 5. The molecule has 116 valence electrons. The first-order valence-electron chi connectivity index (χ1n) is 6.90. The molecular formula is C14H28IN5. The molecular weight excluding hydrogens is 365 g/mol. The second kappa shape index (κ2) is 9.20. The van der Waals surface area contributed by atoms with Crippen LogP contribution in [0.3, 0.4) is 0 Å². The van der Waals surface area contributed by atoms with Crippen molar-refractivity contribution >= 4 is 29.9 Å². The summed E-state index contributed by atoms with van der Waals surface area (Å²) in [5.41, 5.74) is 2.30. The van der Waals surface area contributed by atoms with Crippen molar-refractivity contribution in [3.63, 3.8) is 0 Å². The summed E-state index contributed by atoms with van der Waals surface area (Å²) in [6, 6.07) is 2.50. The highest BCUT2D eigenvalue weighted by molar-refractivity contribution is 14.0. The van der Waals surface area contributed by atoms with E-state index in [1.165, 1.54) is 5.69 Å². The fourth-order valence-electron chi connectivity index (χ4n) is 1.96. The van der Waals surface area contributed by atoms with Crippen molar-refractivity contribution in [1.29, 1.82) is 0 Å². The summed E-state index contributed by atoms with van der Waals surface area (Å²) in [6.45, 7) is 12.3. The molecule has 1 atom stereocenters. The van der Waals surface area contributed by atoms with Gasteiger partial charge < -0.3 is 10.6 Å². The second-order valence-corrected chi connectivity index (χ2v) is 5.47. The van der Waals surface area contributed by atoms with Gasteiger partial charge in [-0.25, -0.2) is 0 Å². The first-order chi connectivity index (χ1) is 8.92. The maximum atomic E-state index is 4.49. The molecule has 1 heterocycles. The van der Waals surface area contributed by atoms with Gasteiger partial charge in [-0.15, -0.1) is 24.0 Å². The number of nitrogens with one attached hydrogen (secondary N) is 2. The molecule has 2 N–H and O–H groups in total. The van der Waals surface area contributed by atoms with Crippen molar-refractivity contribution in [1.82, 2.24) is 20.4 Å². The molecule has 1 unspecified atom stereocenters. The number of hydrogen-bond acceptors (Lipinski definition) is 2. The standard InChI is InChI=1S/C14H27N5.HI/c1-10(2)17-14(15-6)16-8-11(3)9-19-13(5)7-12(4)18-19;/h7,10-11H,8-9H2,1-6H3,(H2,15,16,17);1H. The van der Waals surface area contributed by atoms with Crippen molar-refractivity contribution in [2.75, 3.05) is 13.6 Å². The second-order valence-electron chi connectivity index (χ2n) is 5.47. The maximum absolute atomic E-state index is 4.49. The molecule has 0 aliphatic rings. The van der Waals surface area contributed by atoms with Crippen molar-refractivity contribution in [3.05, 3.63) is 17.5 Å². The molecule has 20 heavy (non-hydrogen) atoms. The lowest BCUT2D eigenvalue weighted by Crippen LogP contribution is -2.43. The molecule has 0 aliphatic heterocycles. The lowest BCUT2D eigenvalue weighted by Gasteiger charge is -2.18. The summed E-state index contributed by atoms with van der Waals surface area (Å²) in [7, 11) is 1.80. The third kappa shape index (κ3) is 6.58. The van der Waals surface area contributed by atoms with E-state index in [4.69, 9.17) is 0 Å². The molecule has 0 radical (unpaired) electrons. The lowest BCUT2D eigenvalue weighted by molar-refractivity contribution is 0.435. The smallest absolute Gasteiger partial charge is 0.191 e. The predicted molar refractivity (Wildman–Crippen MR) is 95.9 cm³/mol. The Morgan fingerprint density at radius 1 is 1.35 bits per heavy atom. The van der Waals surface area contributed by atoms with Gasteiger partial charge in [0.2, 0.25) is 0 Å².